The zero-order chi connectivity index (χ0) is 17.1. The average molecular weight is 314 g/mol. The van der Waals surface area contributed by atoms with E-state index in [2.05, 4.69) is 0 Å². The molecule has 0 atom stereocenters. The van der Waals surface area contributed by atoms with E-state index >= 15 is 0 Å². The summed E-state index contributed by atoms with van der Waals surface area (Å²) in [4.78, 5) is 46.5. The van der Waals surface area contributed by atoms with E-state index in [-0.39, 0.29) is 5.56 Å². The molecule has 3 N–H and O–H groups in total. The first-order valence-electron chi connectivity index (χ1n) is 6.31. The van der Waals surface area contributed by atoms with Gasteiger partial charge in [-0.1, -0.05) is 30.3 Å². The molecule has 0 fully saturated rings. The molecular formula is C16H10O7. The Balaban J connectivity index is 2.85. The predicted molar refractivity (Wildman–Crippen MR) is 77.2 cm³/mol. The lowest BCUT2D eigenvalue weighted by Crippen LogP contribution is -2.19. The minimum absolute atomic E-state index is 0.0556. The number of carbonyl (C=O) groups is 4. The summed E-state index contributed by atoms with van der Waals surface area (Å²) >= 11 is 0. The monoisotopic (exact) mass is 314 g/mol. The Hall–Kier alpha value is -3.48. The molecule has 0 unspecified atom stereocenters. The molecule has 0 radical (unpaired) electrons. The zero-order valence-corrected chi connectivity index (χ0v) is 11.5. The molecular weight excluding hydrogens is 304 g/mol. The summed E-state index contributed by atoms with van der Waals surface area (Å²) in [7, 11) is 0. The number of aromatic carboxylic acids is 3. The SMILES string of the molecule is O=C(O)c1ccc(C(=O)O)c(C(=O)c2ccccc2)c1C(=O)O. The van der Waals surface area contributed by atoms with E-state index in [0.717, 1.165) is 12.1 Å². The number of carboxylic acids is 3. The van der Waals surface area contributed by atoms with Crippen LogP contribution in [0.3, 0.4) is 0 Å². The van der Waals surface area contributed by atoms with Crippen LogP contribution in [-0.4, -0.2) is 39.0 Å². The van der Waals surface area contributed by atoms with Crippen LogP contribution in [0.25, 0.3) is 0 Å². The third-order valence-electron chi connectivity index (χ3n) is 3.14. The lowest BCUT2D eigenvalue weighted by Gasteiger charge is -2.11. The van der Waals surface area contributed by atoms with Crippen molar-refractivity contribution in [1.29, 1.82) is 0 Å². The molecule has 23 heavy (non-hydrogen) atoms. The number of carbonyl (C=O) groups excluding carboxylic acids is 1. The first-order valence-corrected chi connectivity index (χ1v) is 6.31. The van der Waals surface area contributed by atoms with Gasteiger partial charge in [0.2, 0.25) is 0 Å². The van der Waals surface area contributed by atoms with E-state index in [4.69, 9.17) is 5.11 Å². The molecule has 0 aromatic heterocycles. The molecule has 7 heteroatoms. The topological polar surface area (TPSA) is 129 Å². The average Bonchev–Trinajstić information content (AvgIpc) is 2.53. The number of rotatable bonds is 5. The van der Waals surface area contributed by atoms with Gasteiger partial charge in [0.1, 0.15) is 0 Å². The van der Waals surface area contributed by atoms with Crippen molar-refractivity contribution < 1.29 is 34.5 Å². The van der Waals surface area contributed by atoms with Gasteiger partial charge in [0, 0.05) is 5.56 Å². The molecule has 0 bridgehead atoms. The zero-order valence-electron chi connectivity index (χ0n) is 11.5. The van der Waals surface area contributed by atoms with Crippen molar-refractivity contribution in [2.45, 2.75) is 0 Å². The number of ketones is 1. The Labute approximate surface area is 129 Å². The summed E-state index contributed by atoms with van der Waals surface area (Å²) in [5.41, 5.74) is -2.66. The molecule has 0 aliphatic heterocycles. The quantitative estimate of drug-likeness (QED) is 0.720. The van der Waals surface area contributed by atoms with Gasteiger partial charge in [-0.2, -0.15) is 0 Å². The van der Waals surface area contributed by atoms with Crippen LogP contribution in [0.2, 0.25) is 0 Å². The van der Waals surface area contributed by atoms with E-state index in [1.807, 2.05) is 0 Å². The van der Waals surface area contributed by atoms with Gasteiger partial charge in [-0.15, -0.1) is 0 Å². The first kappa shape index (κ1) is 15.9. The number of hydrogen-bond donors (Lipinski definition) is 3. The highest BCUT2D eigenvalue weighted by molar-refractivity contribution is 6.21. The van der Waals surface area contributed by atoms with Crippen molar-refractivity contribution >= 4 is 23.7 Å². The molecule has 2 rings (SSSR count). The van der Waals surface area contributed by atoms with Gasteiger partial charge in [-0.05, 0) is 12.1 Å². The van der Waals surface area contributed by atoms with E-state index in [0.29, 0.717) is 0 Å². The van der Waals surface area contributed by atoms with Crippen LogP contribution in [0.15, 0.2) is 42.5 Å². The van der Waals surface area contributed by atoms with Gasteiger partial charge in [0.05, 0.1) is 22.3 Å². The lowest BCUT2D eigenvalue weighted by molar-refractivity contribution is 0.0646. The maximum atomic E-state index is 12.6. The fourth-order valence-corrected chi connectivity index (χ4v) is 2.15. The fraction of sp³-hybridized carbons (Fsp3) is 0. The maximum Gasteiger partial charge on any atom is 0.337 e. The minimum Gasteiger partial charge on any atom is -0.478 e. The summed E-state index contributed by atoms with van der Waals surface area (Å²) in [6.45, 7) is 0. The van der Waals surface area contributed by atoms with E-state index in [1.165, 1.54) is 24.3 Å². The highest BCUT2D eigenvalue weighted by Crippen LogP contribution is 2.23. The van der Waals surface area contributed by atoms with Gasteiger partial charge in [-0.25, -0.2) is 14.4 Å². The molecule has 0 saturated heterocycles. The minimum atomic E-state index is -1.69. The summed E-state index contributed by atoms with van der Waals surface area (Å²) in [6, 6.07) is 9.20. The normalized spacial score (nSPS) is 10.1. The standard InChI is InChI=1S/C16H10O7/c17-13(8-4-2-1-3-5-8)11-9(14(18)19)6-7-10(15(20)21)12(11)16(22)23/h1-7H,(H,18,19)(H,20,21)(H,22,23). The molecule has 2 aromatic carbocycles. The highest BCUT2D eigenvalue weighted by atomic mass is 16.4. The van der Waals surface area contributed by atoms with Gasteiger partial charge in [0.25, 0.3) is 0 Å². The highest BCUT2D eigenvalue weighted by Gasteiger charge is 2.29. The maximum absolute atomic E-state index is 12.6. The van der Waals surface area contributed by atoms with Gasteiger partial charge in [0.15, 0.2) is 5.78 Å². The Morgan fingerprint density at radius 1 is 0.609 bits per heavy atom. The van der Waals surface area contributed by atoms with Gasteiger partial charge < -0.3 is 15.3 Å². The van der Waals surface area contributed by atoms with Crippen LogP contribution < -0.4 is 0 Å². The summed E-state index contributed by atoms with van der Waals surface area (Å²) in [5, 5.41) is 27.6. The third-order valence-corrected chi connectivity index (χ3v) is 3.14. The van der Waals surface area contributed by atoms with Gasteiger partial charge >= 0.3 is 17.9 Å². The van der Waals surface area contributed by atoms with Gasteiger partial charge in [-0.3, -0.25) is 4.79 Å². The smallest absolute Gasteiger partial charge is 0.337 e. The predicted octanol–water partition coefficient (Wildman–Crippen LogP) is 2.01. The first-order chi connectivity index (χ1) is 10.8. The molecule has 0 aliphatic rings. The Bertz CT molecular complexity index is 822. The molecule has 0 heterocycles. The van der Waals surface area contributed by atoms with Crippen molar-refractivity contribution in [3.63, 3.8) is 0 Å². The second-order valence-corrected chi connectivity index (χ2v) is 4.52. The van der Waals surface area contributed by atoms with Crippen LogP contribution in [-0.2, 0) is 0 Å². The van der Waals surface area contributed by atoms with E-state index < -0.39 is 45.9 Å². The second kappa shape index (κ2) is 6.10. The molecule has 7 nitrogen and oxygen atoms in total. The molecule has 0 spiro atoms. The Morgan fingerprint density at radius 3 is 1.52 bits per heavy atom. The Morgan fingerprint density at radius 2 is 1.09 bits per heavy atom. The van der Waals surface area contributed by atoms with Crippen molar-refractivity contribution in [2.24, 2.45) is 0 Å². The van der Waals surface area contributed by atoms with E-state index in [9.17, 15) is 29.4 Å². The number of benzene rings is 2. The van der Waals surface area contributed by atoms with Crippen molar-refractivity contribution in [3.05, 3.63) is 70.3 Å². The second-order valence-electron chi connectivity index (χ2n) is 4.52. The van der Waals surface area contributed by atoms with Crippen LogP contribution in [0.5, 0.6) is 0 Å². The number of carboxylic acid groups (broad SMARTS) is 3. The summed E-state index contributed by atoms with van der Waals surface area (Å²) in [5.74, 6) is -5.65. The molecule has 0 saturated carbocycles. The third kappa shape index (κ3) is 2.93. The lowest BCUT2D eigenvalue weighted by atomic mass is 9.90. The molecule has 2 aromatic rings. The van der Waals surface area contributed by atoms with Crippen LogP contribution in [0.4, 0.5) is 0 Å². The molecule has 0 aliphatic carbocycles. The van der Waals surface area contributed by atoms with Crippen molar-refractivity contribution in [2.75, 3.05) is 0 Å². The van der Waals surface area contributed by atoms with E-state index in [1.54, 1.807) is 6.07 Å². The van der Waals surface area contributed by atoms with Crippen molar-refractivity contribution in [1.82, 2.24) is 0 Å². The molecule has 0 amide bonds. The summed E-state index contributed by atoms with van der Waals surface area (Å²) in [6.07, 6.45) is 0. The van der Waals surface area contributed by atoms with Crippen LogP contribution >= 0.6 is 0 Å². The van der Waals surface area contributed by atoms with Crippen LogP contribution in [0.1, 0.15) is 47.0 Å². The summed E-state index contributed by atoms with van der Waals surface area (Å²) < 4.78 is 0. The largest absolute Gasteiger partial charge is 0.478 e. The Kier molecular flexibility index (Phi) is 4.22. The van der Waals surface area contributed by atoms with Crippen LogP contribution in [0, 0.1) is 0 Å². The number of hydrogen-bond acceptors (Lipinski definition) is 4. The fourth-order valence-electron chi connectivity index (χ4n) is 2.15. The molecule has 116 valence electrons. The van der Waals surface area contributed by atoms with Crippen molar-refractivity contribution in [3.8, 4) is 0 Å².